The zero-order valence-corrected chi connectivity index (χ0v) is 19.8. The third-order valence-corrected chi connectivity index (χ3v) is 7.44. The summed E-state index contributed by atoms with van der Waals surface area (Å²) in [6.45, 7) is 1.31. The van der Waals surface area contributed by atoms with Crippen LogP contribution in [0.2, 0.25) is 0 Å². The molecule has 0 unspecified atom stereocenters. The SMILES string of the molecule is O=C(O)CC1CC(CNC(=O)CSCCNC(=O)OCC2c3ccccc3-c3ccccc32)C1. The summed E-state index contributed by atoms with van der Waals surface area (Å²) in [5.74, 6) is 0.820. The van der Waals surface area contributed by atoms with E-state index in [-0.39, 0.29) is 30.8 Å². The minimum Gasteiger partial charge on any atom is -0.481 e. The van der Waals surface area contributed by atoms with E-state index in [0.717, 1.165) is 12.8 Å². The summed E-state index contributed by atoms with van der Waals surface area (Å²) < 4.78 is 5.51. The molecule has 4 rings (SSSR count). The molecule has 0 aliphatic heterocycles. The van der Waals surface area contributed by atoms with Gasteiger partial charge in [-0.15, -0.1) is 0 Å². The first-order valence-corrected chi connectivity index (χ1v) is 12.8. The molecule has 2 aliphatic carbocycles. The lowest BCUT2D eigenvalue weighted by Gasteiger charge is -2.34. The van der Waals surface area contributed by atoms with Gasteiger partial charge in [0, 0.05) is 31.2 Å². The van der Waals surface area contributed by atoms with Gasteiger partial charge in [0.1, 0.15) is 6.61 Å². The molecule has 2 aromatic carbocycles. The lowest BCUT2D eigenvalue weighted by molar-refractivity contribution is -0.139. The summed E-state index contributed by atoms with van der Waals surface area (Å²) in [6.07, 6.45) is 1.50. The second kappa shape index (κ2) is 11.4. The Hall–Kier alpha value is -3.00. The minimum absolute atomic E-state index is 0.0336. The molecule has 0 bridgehead atoms. The number of hydrogen-bond donors (Lipinski definition) is 3. The highest BCUT2D eigenvalue weighted by atomic mass is 32.2. The number of carboxylic acids is 1. The van der Waals surface area contributed by atoms with Crippen molar-refractivity contribution in [1.29, 1.82) is 0 Å². The number of hydrogen-bond acceptors (Lipinski definition) is 5. The van der Waals surface area contributed by atoms with Crippen LogP contribution >= 0.6 is 11.8 Å². The summed E-state index contributed by atoms with van der Waals surface area (Å²) in [4.78, 5) is 34.8. The molecule has 0 aromatic heterocycles. The summed E-state index contributed by atoms with van der Waals surface area (Å²) in [6, 6.07) is 16.4. The van der Waals surface area contributed by atoms with Crippen molar-refractivity contribution < 1.29 is 24.2 Å². The van der Waals surface area contributed by atoms with Crippen LogP contribution in [0.4, 0.5) is 4.79 Å². The fourth-order valence-electron chi connectivity index (χ4n) is 4.80. The van der Waals surface area contributed by atoms with Crippen LogP contribution in [-0.2, 0) is 14.3 Å². The van der Waals surface area contributed by atoms with Crippen molar-refractivity contribution in [3.05, 3.63) is 59.7 Å². The second-order valence-corrected chi connectivity index (χ2v) is 10.0. The predicted molar refractivity (Wildman–Crippen MR) is 132 cm³/mol. The Morgan fingerprint density at radius 2 is 1.59 bits per heavy atom. The Morgan fingerprint density at radius 1 is 0.941 bits per heavy atom. The molecule has 180 valence electrons. The molecule has 0 spiro atoms. The average molecular weight is 483 g/mol. The molecular weight excluding hydrogens is 452 g/mol. The zero-order chi connectivity index (χ0) is 23.9. The van der Waals surface area contributed by atoms with Crippen LogP contribution in [0.15, 0.2) is 48.5 Å². The molecule has 7 nitrogen and oxygen atoms in total. The number of carboxylic acid groups (broad SMARTS) is 1. The van der Waals surface area contributed by atoms with Crippen LogP contribution in [0.3, 0.4) is 0 Å². The third-order valence-electron chi connectivity index (χ3n) is 6.48. The zero-order valence-electron chi connectivity index (χ0n) is 19.0. The number of ether oxygens (including phenoxy) is 1. The summed E-state index contributed by atoms with van der Waals surface area (Å²) in [5, 5.41) is 14.4. The molecule has 2 aromatic rings. The van der Waals surface area contributed by atoms with Gasteiger partial charge in [-0.05, 0) is 46.9 Å². The average Bonchev–Trinajstić information content (AvgIpc) is 3.12. The van der Waals surface area contributed by atoms with Gasteiger partial charge in [-0.3, -0.25) is 9.59 Å². The highest BCUT2D eigenvalue weighted by Crippen LogP contribution is 2.44. The topological polar surface area (TPSA) is 105 Å². The summed E-state index contributed by atoms with van der Waals surface area (Å²) in [7, 11) is 0. The summed E-state index contributed by atoms with van der Waals surface area (Å²) >= 11 is 1.45. The van der Waals surface area contributed by atoms with E-state index in [9.17, 15) is 14.4 Å². The van der Waals surface area contributed by atoms with Gasteiger partial charge < -0.3 is 20.5 Å². The van der Waals surface area contributed by atoms with E-state index in [1.807, 2.05) is 24.3 Å². The van der Waals surface area contributed by atoms with Crippen LogP contribution in [0.1, 0.15) is 36.3 Å². The monoisotopic (exact) mass is 482 g/mol. The fourth-order valence-corrected chi connectivity index (χ4v) is 5.48. The van der Waals surface area contributed by atoms with E-state index >= 15 is 0 Å². The third kappa shape index (κ3) is 6.11. The van der Waals surface area contributed by atoms with Gasteiger partial charge in [0.15, 0.2) is 0 Å². The molecule has 1 fully saturated rings. The number of fused-ring (bicyclic) bond motifs is 3. The smallest absolute Gasteiger partial charge is 0.407 e. The second-order valence-electron chi connectivity index (χ2n) is 8.91. The lowest BCUT2D eigenvalue weighted by atomic mass is 9.73. The minimum atomic E-state index is -0.754. The number of aliphatic carboxylic acids is 1. The number of benzene rings is 2. The van der Waals surface area contributed by atoms with Crippen LogP contribution in [0, 0.1) is 11.8 Å². The van der Waals surface area contributed by atoms with Gasteiger partial charge in [0.05, 0.1) is 5.75 Å². The molecule has 3 N–H and O–H groups in total. The van der Waals surface area contributed by atoms with Crippen molar-refractivity contribution in [2.75, 3.05) is 31.2 Å². The Bertz CT molecular complexity index is 992. The van der Waals surface area contributed by atoms with Crippen molar-refractivity contribution in [3.8, 4) is 11.1 Å². The molecule has 0 saturated heterocycles. The molecule has 0 atom stereocenters. The van der Waals surface area contributed by atoms with E-state index in [1.54, 1.807) is 0 Å². The van der Waals surface area contributed by atoms with E-state index in [2.05, 4.69) is 34.9 Å². The highest BCUT2D eigenvalue weighted by Gasteiger charge is 2.31. The largest absolute Gasteiger partial charge is 0.481 e. The van der Waals surface area contributed by atoms with Gasteiger partial charge in [-0.2, -0.15) is 11.8 Å². The number of amides is 2. The number of rotatable bonds is 11. The molecule has 0 radical (unpaired) electrons. The van der Waals surface area contributed by atoms with Gasteiger partial charge in [-0.25, -0.2) is 4.79 Å². The predicted octanol–water partition coefficient (Wildman–Crippen LogP) is 3.88. The normalized spacial score (nSPS) is 18.4. The summed E-state index contributed by atoms with van der Waals surface area (Å²) in [5.41, 5.74) is 4.74. The Balaban J connectivity index is 1.08. The van der Waals surface area contributed by atoms with Crippen molar-refractivity contribution in [1.82, 2.24) is 10.6 Å². The van der Waals surface area contributed by atoms with Crippen LogP contribution in [0.5, 0.6) is 0 Å². The molecule has 2 amide bonds. The van der Waals surface area contributed by atoms with Crippen LogP contribution < -0.4 is 10.6 Å². The van der Waals surface area contributed by atoms with Crippen molar-refractivity contribution >= 4 is 29.7 Å². The van der Waals surface area contributed by atoms with Crippen molar-refractivity contribution in [2.45, 2.75) is 25.2 Å². The quantitative estimate of drug-likeness (QED) is 0.420. The van der Waals surface area contributed by atoms with Crippen molar-refractivity contribution in [2.24, 2.45) is 11.8 Å². The van der Waals surface area contributed by atoms with Gasteiger partial charge in [0.2, 0.25) is 5.91 Å². The number of thioether (sulfide) groups is 1. The molecular formula is C26H30N2O5S. The van der Waals surface area contributed by atoms with Gasteiger partial charge >= 0.3 is 12.1 Å². The molecule has 34 heavy (non-hydrogen) atoms. The molecule has 1 saturated carbocycles. The Kier molecular flexibility index (Phi) is 8.11. The molecule has 2 aliphatic rings. The Morgan fingerprint density at radius 3 is 2.24 bits per heavy atom. The first-order chi connectivity index (χ1) is 16.5. The maximum atomic E-state index is 12.2. The maximum absolute atomic E-state index is 12.2. The lowest BCUT2D eigenvalue weighted by Crippen LogP contribution is -2.37. The van der Waals surface area contributed by atoms with Crippen LogP contribution in [0.25, 0.3) is 11.1 Å². The molecule has 0 heterocycles. The Labute approximate surface area is 203 Å². The van der Waals surface area contributed by atoms with E-state index in [4.69, 9.17) is 9.84 Å². The first-order valence-electron chi connectivity index (χ1n) is 11.7. The van der Waals surface area contributed by atoms with Gasteiger partial charge in [0.25, 0.3) is 0 Å². The van der Waals surface area contributed by atoms with E-state index in [1.165, 1.54) is 34.0 Å². The number of nitrogens with one attached hydrogen (secondary N) is 2. The number of alkyl carbamates (subject to hydrolysis) is 1. The van der Waals surface area contributed by atoms with Gasteiger partial charge in [-0.1, -0.05) is 48.5 Å². The highest BCUT2D eigenvalue weighted by molar-refractivity contribution is 7.99. The first kappa shape index (κ1) is 24.1. The fraction of sp³-hybridized carbons (Fsp3) is 0.423. The van der Waals surface area contributed by atoms with E-state index < -0.39 is 12.1 Å². The maximum Gasteiger partial charge on any atom is 0.407 e. The standard InChI is InChI=1S/C26H30N2O5S/c29-24(28-14-18-11-17(12-18)13-25(30)31)16-34-10-9-27-26(32)33-15-23-21-7-3-1-5-19(21)20-6-2-4-8-22(20)23/h1-8,17-18,23H,9-16H2,(H,27,32)(H,28,29)(H,30,31). The number of carbonyl (C=O) groups is 3. The van der Waals surface area contributed by atoms with Crippen molar-refractivity contribution in [3.63, 3.8) is 0 Å². The number of carbonyl (C=O) groups excluding carboxylic acids is 2. The van der Waals surface area contributed by atoms with E-state index in [0.29, 0.717) is 30.5 Å². The van der Waals surface area contributed by atoms with Crippen LogP contribution in [-0.4, -0.2) is 54.3 Å². The molecule has 8 heteroatoms.